The fraction of sp³-hybridized carbons (Fsp3) is 0.346. The lowest BCUT2D eigenvalue weighted by Gasteiger charge is -2.28. The third-order valence-electron chi connectivity index (χ3n) is 6.15. The van der Waals surface area contributed by atoms with Crippen molar-refractivity contribution in [2.24, 2.45) is 0 Å². The molecule has 0 bridgehead atoms. The molecule has 3 N–H and O–H groups in total. The summed E-state index contributed by atoms with van der Waals surface area (Å²) in [5.74, 6) is 1.77. The second-order valence-electron chi connectivity index (χ2n) is 9.88. The number of nitrogens with zero attached hydrogens (tertiary/aromatic N) is 5. The van der Waals surface area contributed by atoms with Crippen LogP contribution in [-0.4, -0.2) is 57.4 Å². The molecule has 10 nitrogen and oxygen atoms in total. The summed E-state index contributed by atoms with van der Waals surface area (Å²) in [5, 5.41) is 13.5. The number of carbonyl (C=O) groups excluding carboxylic acids is 1. The van der Waals surface area contributed by atoms with Gasteiger partial charge in [-0.3, -0.25) is 9.89 Å². The minimum atomic E-state index is -0.234. The third-order valence-corrected chi connectivity index (χ3v) is 6.15. The van der Waals surface area contributed by atoms with Crippen molar-refractivity contribution in [3.63, 3.8) is 0 Å². The van der Waals surface area contributed by atoms with E-state index in [-0.39, 0.29) is 11.3 Å². The van der Waals surface area contributed by atoms with Crippen molar-refractivity contribution in [1.82, 2.24) is 25.1 Å². The largest absolute Gasteiger partial charge is 0.378 e. The molecule has 1 saturated heterocycles. The smallest absolute Gasteiger partial charge is 0.256 e. The zero-order chi connectivity index (χ0) is 25.3. The van der Waals surface area contributed by atoms with Gasteiger partial charge in [0.25, 0.3) is 5.91 Å². The number of benzene rings is 1. The van der Waals surface area contributed by atoms with Crippen LogP contribution in [0.4, 0.5) is 23.1 Å². The molecular weight excluding hydrogens is 456 g/mol. The van der Waals surface area contributed by atoms with Crippen LogP contribution in [0, 0.1) is 6.92 Å². The molecule has 1 aliphatic heterocycles. The summed E-state index contributed by atoms with van der Waals surface area (Å²) < 4.78 is 5.46. The number of nitrogens with one attached hydrogen (secondary N) is 3. The molecule has 0 spiro atoms. The monoisotopic (exact) mass is 486 g/mol. The van der Waals surface area contributed by atoms with Crippen molar-refractivity contribution in [2.75, 3.05) is 41.8 Å². The van der Waals surface area contributed by atoms with Gasteiger partial charge in [-0.2, -0.15) is 5.10 Å². The Kier molecular flexibility index (Phi) is 6.27. The van der Waals surface area contributed by atoms with Gasteiger partial charge in [-0.15, -0.1) is 0 Å². The average molecular weight is 487 g/mol. The number of hydrogen-bond acceptors (Lipinski definition) is 8. The highest BCUT2D eigenvalue weighted by Crippen LogP contribution is 2.27. The molecule has 0 unspecified atom stereocenters. The standard InChI is InChI=1S/C26H30N8O2/c1-16-5-6-17(25(35)30-21-14-20(32-33-21)26(2,3)4)13-19(16)29-24-23-18(27-15-28-24)7-8-22(31-23)34-9-11-36-12-10-34/h5-8,13-15H,9-12H2,1-4H3,(H,27,28,29)(H2,30,32,33,35). The summed E-state index contributed by atoms with van der Waals surface area (Å²) in [6.45, 7) is 11.1. The van der Waals surface area contributed by atoms with Crippen LogP contribution in [0.25, 0.3) is 11.0 Å². The van der Waals surface area contributed by atoms with E-state index in [0.29, 0.717) is 35.9 Å². The number of morpholine rings is 1. The predicted molar refractivity (Wildman–Crippen MR) is 140 cm³/mol. The first kappa shape index (κ1) is 23.7. The maximum absolute atomic E-state index is 13.0. The van der Waals surface area contributed by atoms with E-state index in [0.717, 1.165) is 41.4 Å². The number of ether oxygens (including phenoxy) is 1. The lowest BCUT2D eigenvalue weighted by molar-refractivity contribution is 0.102. The van der Waals surface area contributed by atoms with Crippen molar-refractivity contribution in [3.05, 3.63) is 59.5 Å². The normalized spacial score (nSPS) is 14.2. The van der Waals surface area contributed by atoms with Gasteiger partial charge in [-0.05, 0) is 36.8 Å². The molecule has 1 amide bonds. The molecule has 3 aromatic heterocycles. The predicted octanol–water partition coefficient (Wildman–Crippen LogP) is 4.19. The number of aromatic nitrogens is 5. The lowest BCUT2D eigenvalue weighted by Crippen LogP contribution is -2.36. The maximum Gasteiger partial charge on any atom is 0.256 e. The fourth-order valence-corrected chi connectivity index (χ4v) is 3.98. The number of anilines is 4. The minimum absolute atomic E-state index is 0.115. The molecule has 0 atom stereocenters. The SMILES string of the molecule is Cc1ccc(C(=O)Nc2cc(C(C)(C)C)n[nH]2)cc1Nc1ncnc2ccc(N3CCOCC3)nc12. The number of hydrogen-bond donors (Lipinski definition) is 3. The van der Waals surface area contributed by atoms with Gasteiger partial charge in [0.15, 0.2) is 5.82 Å². The van der Waals surface area contributed by atoms with E-state index in [4.69, 9.17) is 9.72 Å². The highest BCUT2D eigenvalue weighted by molar-refractivity contribution is 6.04. The topological polar surface area (TPSA) is 121 Å². The molecule has 10 heteroatoms. The first-order chi connectivity index (χ1) is 17.3. The average Bonchev–Trinajstić information content (AvgIpc) is 3.35. The number of amides is 1. The number of aryl methyl sites for hydroxylation is 1. The molecule has 0 saturated carbocycles. The number of pyridine rings is 1. The second-order valence-corrected chi connectivity index (χ2v) is 9.88. The first-order valence-electron chi connectivity index (χ1n) is 12.0. The van der Waals surface area contributed by atoms with Gasteiger partial charge in [0, 0.05) is 35.8 Å². The molecule has 186 valence electrons. The van der Waals surface area contributed by atoms with E-state index in [9.17, 15) is 4.79 Å². The highest BCUT2D eigenvalue weighted by atomic mass is 16.5. The van der Waals surface area contributed by atoms with Crippen molar-refractivity contribution in [1.29, 1.82) is 0 Å². The molecular formula is C26H30N8O2. The molecule has 0 radical (unpaired) electrons. The van der Waals surface area contributed by atoms with Gasteiger partial charge in [0.05, 0.1) is 24.4 Å². The van der Waals surface area contributed by atoms with Gasteiger partial charge in [0.1, 0.15) is 23.5 Å². The van der Waals surface area contributed by atoms with Crippen molar-refractivity contribution >= 4 is 40.1 Å². The van der Waals surface area contributed by atoms with E-state index in [2.05, 4.69) is 56.5 Å². The number of fused-ring (bicyclic) bond motifs is 1. The van der Waals surface area contributed by atoms with Gasteiger partial charge in [-0.25, -0.2) is 15.0 Å². The zero-order valence-corrected chi connectivity index (χ0v) is 20.9. The van der Waals surface area contributed by atoms with Crippen LogP contribution in [0.1, 0.15) is 42.4 Å². The second kappa shape index (κ2) is 9.54. The molecule has 1 fully saturated rings. The van der Waals surface area contributed by atoms with Crippen LogP contribution >= 0.6 is 0 Å². The van der Waals surface area contributed by atoms with Crippen LogP contribution in [0.2, 0.25) is 0 Å². The Hall–Kier alpha value is -4.05. The number of rotatable bonds is 5. The summed E-state index contributed by atoms with van der Waals surface area (Å²) in [6, 6.07) is 11.3. The summed E-state index contributed by atoms with van der Waals surface area (Å²) in [5.41, 5.74) is 4.42. The minimum Gasteiger partial charge on any atom is -0.378 e. The molecule has 4 heterocycles. The maximum atomic E-state index is 13.0. The molecule has 1 aliphatic rings. The van der Waals surface area contributed by atoms with E-state index >= 15 is 0 Å². The molecule has 36 heavy (non-hydrogen) atoms. The van der Waals surface area contributed by atoms with Crippen LogP contribution < -0.4 is 15.5 Å². The molecule has 0 aliphatic carbocycles. The fourth-order valence-electron chi connectivity index (χ4n) is 3.98. The van der Waals surface area contributed by atoms with Gasteiger partial charge < -0.3 is 20.3 Å². The third kappa shape index (κ3) is 4.99. The molecule has 4 aromatic rings. The lowest BCUT2D eigenvalue weighted by atomic mass is 9.92. The van der Waals surface area contributed by atoms with E-state index in [1.54, 1.807) is 6.07 Å². The summed E-state index contributed by atoms with van der Waals surface area (Å²) >= 11 is 0. The quantitative estimate of drug-likeness (QED) is 0.384. The van der Waals surface area contributed by atoms with E-state index in [1.807, 2.05) is 37.3 Å². The number of carbonyl (C=O) groups is 1. The van der Waals surface area contributed by atoms with Crippen molar-refractivity contribution in [3.8, 4) is 0 Å². The molecule has 1 aromatic carbocycles. The number of H-pyrrole nitrogens is 1. The van der Waals surface area contributed by atoms with Gasteiger partial charge in [0.2, 0.25) is 0 Å². The Morgan fingerprint density at radius 3 is 2.64 bits per heavy atom. The Bertz CT molecular complexity index is 1400. The van der Waals surface area contributed by atoms with Crippen LogP contribution in [0.5, 0.6) is 0 Å². The van der Waals surface area contributed by atoms with Crippen LogP contribution in [0.3, 0.4) is 0 Å². The van der Waals surface area contributed by atoms with Crippen molar-refractivity contribution < 1.29 is 9.53 Å². The summed E-state index contributed by atoms with van der Waals surface area (Å²) in [7, 11) is 0. The number of aromatic amines is 1. The highest BCUT2D eigenvalue weighted by Gasteiger charge is 2.19. The van der Waals surface area contributed by atoms with Crippen LogP contribution in [-0.2, 0) is 10.2 Å². The van der Waals surface area contributed by atoms with E-state index < -0.39 is 0 Å². The Labute approximate surface area is 209 Å². The van der Waals surface area contributed by atoms with Crippen molar-refractivity contribution in [2.45, 2.75) is 33.1 Å². The summed E-state index contributed by atoms with van der Waals surface area (Å²) in [4.78, 5) is 28.9. The summed E-state index contributed by atoms with van der Waals surface area (Å²) in [6.07, 6.45) is 1.51. The Balaban J connectivity index is 1.40. The van der Waals surface area contributed by atoms with Crippen LogP contribution in [0.15, 0.2) is 42.7 Å². The van der Waals surface area contributed by atoms with E-state index in [1.165, 1.54) is 6.33 Å². The molecule has 5 rings (SSSR count). The Morgan fingerprint density at radius 1 is 1.08 bits per heavy atom. The zero-order valence-electron chi connectivity index (χ0n) is 20.9. The Morgan fingerprint density at radius 2 is 1.89 bits per heavy atom. The van der Waals surface area contributed by atoms with Gasteiger partial charge in [-0.1, -0.05) is 26.8 Å². The van der Waals surface area contributed by atoms with Gasteiger partial charge >= 0.3 is 0 Å². The first-order valence-corrected chi connectivity index (χ1v) is 12.0.